The van der Waals surface area contributed by atoms with E-state index in [1.54, 1.807) is 6.07 Å². The Morgan fingerprint density at radius 2 is 1.71 bits per heavy atom. The number of nitrogens with one attached hydrogen (secondary N) is 2. The van der Waals surface area contributed by atoms with Gasteiger partial charge in [0, 0.05) is 18.0 Å². The maximum atomic E-state index is 12.5. The molecule has 2 aromatic carbocycles. The summed E-state index contributed by atoms with van der Waals surface area (Å²) in [5.74, 6) is -0.542. The molecule has 0 saturated carbocycles. The first kappa shape index (κ1) is 15.7. The fourth-order valence-corrected chi connectivity index (χ4v) is 2.46. The number of carbonyl (C=O) groups excluding carboxylic acids is 2. The Labute approximate surface area is 139 Å². The lowest BCUT2D eigenvalue weighted by atomic mass is 10.0. The van der Waals surface area contributed by atoms with E-state index in [1.807, 2.05) is 54.6 Å². The Hall–Kier alpha value is -3.21. The predicted octanol–water partition coefficient (Wildman–Crippen LogP) is 2.38. The SMILES string of the molecule is CNC(=O)CNC(=O)c1cc(-c2ccccc2)nc2ccccc12. The lowest BCUT2D eigenvalue weighted by Gasteiger charge is -2.10. The Kier molecular flexibility index (Phi) is 4.52. The molecule has 120 valence electrons. The molecule has 0 bridgehead atoms. The second-order valence-corrected chi connectivity index (χ2v) is 5.29. The minimum absolute atomic E-state index is 0.0628. The van der Waals surface area contributed by atoms with E-state index in [0.717, 1.165) is 22.2 Å². The van der Waals surface area contributed by atoms with Crippen LogP contribution in [0.4, 0.5) is 0 Å². The van der Waals surface area contributed by atoms with Crippen LogP contribution in [-0.4, -0.2) is 30.4 Å². The highest BCUT2D eigenvalue weighted by Gasteiger charge is 2.14. The van der Waals surface area contributed by atoms with Crippen molar-refractivity contribution in [1.29, 1.82) is 0 Å². The van der Waals surface area contributed by atoms with Gasteiger partial charge in [0.1, 0.15) is 0 Å². The lowest BCUT2D eigenvalue weighted by Crippen LogP contribution is -2.35. The molecule has 5 heteroatoms. The summed E-state index contributed by atoms with van der Waals surface area (Å²) in [7, 11) is 1.53. The molecule has 0 aliphatic carbocycles. The quantitative estimate of drug-likeness (QED) is 0.775. The number of hydrogen-bond donors (Lipinski definition) is 2. The maximum absolute atomic E-state index is 12.5. The number of benzene rings is 2. The van der Waals surface area contributed by atoms with Crippen molar-refractivity contribution in [2.75, 3.05) is 13.6 Å². The van der Waals surface area contributed by atoms with E-state index < -0.39 is 0 Å². The highest BCUT2D eigenvalue weighted by atomic mass is 16.2. The zero-order valence-electron chi connectivity index (χ0n) is 13.2. The van der Waals surface area contributed by atoms with Gasteiger partial charge >= 0.3 is 0 Å². The van der Waals surface area contributed by atoms with Crippen LogP contribution in [0, 0.1) is 0 Å². The average Bonchev–Trinajstić information content (AvgIpc) is 2.65. The average molecular weight is 319 g/mol. The molecule has 2 N–H and O–H groups in total. The van der Waals surface area contributed by atoms with Gasteiger partial charge in [0.15, 0.2) is 0 Å². The van der Waals surface area contributed by atoms with Crippen LogP contribution in [-0.2, 0) is 4.79 Å². The number of nitrogens with zero attached hydrogens (tertiary/aromatic N) is 1. The van der Waals surface area contributed by atoms with Crippen LogP contribution in [0.25, 0.3) is 22.2 Å². The van der Waals surface area contributed by atoms with Crippen molar-refractivity contribution in [3.8, 4) is 11.3 Å². The molecule has 0 aliphatic rings. The van der Waals surface area contributed by atoms with Crippen molar-refractivity contribution in [3.05, 3.63) is 66.2 Å². The number of fused-ring (bicyclic) bond motifs is 1. The van der Waals surface area contributed by atoms with Gasteiger partial charge in [-0.1, -0.05) is 48.5 Å². The van der Waals surface area contributed by atoms with Crippen molar-refractivity contribution in [3.63, 3.8) is 0 Å². The number of carbonyl (C=O) groups is 2. The molecule has 3 aromatic rings. The van der Waals surface area contributed by atoms with Gasteiger partial charge in [0.2, 0.25) is 5.91 Å². The molecule has 1 aromatic heterocycles. The van der Waals surface area contributed by atoms with Gasteiger partial charge in [-0.05, 0) is 12.1 Å². The molecular weight excluding hydrogens is 302 g/mol. The molecule has 1 heterocycles. The monoisotopic (exact) mass is 319 g/mol. The van der Waals surface area contributed by atoms with E-state index in [-0.39, 0.29) is 18.4 Å². The van der Waals surface area contributed by atoms with E-state index >= 15 is 0 Å². The topological polar surface area (TPSA) is 71.1 Å². The van der Waals surface area contributed by atoms with Crippen LogP contribution in [0.15, 0.2) is 60.7 Å². The van der Waals surface area contributed by atoms with E-state index in [9.17, 15) is 9.59 Å². The van der Waals surface area contributed by atoms with E-state index in [4.69, 9.17) is 0 Å². The first-order chi connectivity index (χ1) is 11.7. The first-order valence-electron chi connectivity index (χ1n) is 7.63. The molecular formula is C19H17N3O2. The van der Waals surface area contributed by atoms with Crippen LogP contribution < -0.4 is 10.6 Å². The van der Waals surface area contributed by atoms with Gasteiger partial charge in [0.05, 0.1) is 23.3 Å². The standard InChI is InChI=1S/C19H17N3O2/c1-20-18(23)12-21-19(24)15-11-17(13-7-3-2-4-8-13)22-16-10-6-5-9-14(15)16/h2-11H,12H2,1H3,(H,20,23)(H,21,24). The van der Waals surface area contributed by atoms with Crippen LogP contribution in [0.3, 0.4) is 0 Å². The van der Waals surface area contributed by atoms with Gasteiger partial charge in [-0.15, -0.1) is 0 Å². The molecule has 0 spiro atoms. The predicted molar refractivity (Wildman–Crippen MR) is 93.6 cm³/mol. The van der Waals surface area contributed by atoms with Gasteiger partial charge in [-0.2, -0.15) is 0 Å². The molecule has 24 heavy (non-hydrogen) atoms. The van der Waals surface area contributed by atoms with E-state index in [1.165, 1.54) is 7.05 Å². The molecule has 5 nitrogen and oxygen atoms in total. The van der Waals surface area contributed by atoms with Crippen LogP contribution in [0.5, 0.6) is 0 Å². The van der Waals surface area contributed by atoms with Gasteiger partial charge in [0.25, 0.3) is 5.91 Å². The summed E-state index contributed by atoms with van der Waals surface area (Å²) in [5.41, 5.74) is 2.90. The van der Waals surface area contributed by atoms with Crippen LogP contribution in [0.2, 0.25) is 0 Å². The molecule has 0 atom stereocenters. The molecule has 0 unspecified atom stereocenters. The van der Waals surface area contributed by atoms with Gasteiger partial charge < -0.3 is 10.6 Å². The lowest BCUT2D eigenvalue weighted by molar-refractivity contribution is -0.119. The minimum Gasteiger partial charge on any atom is -0.358 e. The number of pyridine rings is 1. The second-order valence-electron chi connectivity index (χ2n) is 5.29. The molecule has 0 aliphatic heterocycles. The normalized spacial score (nSPS) is 10.4. The summed E-state index contributed by atoms with van der Waals surface area (Å²) in [6, 6.07) is 18.9. The number of aromatic nitrogens is 1. The van der Waals surface area contributed by atoms with Gasteiger partial charge in [-0.3, -0.25) is 9.59 Å². The van der Waals surface area contributed by atoms with Crippen molar-refractivity contribution in [1.82, 2.24) is 15.6 Å². The molecule has 0 radical (unpaired) electrons. The Balaban J connectivity index is 2.05. The zero-order valence-corrected chi connectivity index (χ0v) is 13.2. The third kappa shape index (κ3) is 3.25. The number of likely N-dealkylation sites (N-methyl/N-ethyl adjacent to an activating group) is 1. The number of hydrogen-bond acceptors (Lipinski definition) is 3. The Morgan fingerprint density at radius 1 is 1.00 bits per heavy atom. The molecule has 0 saturated heterocycles. The van der Waals surface area contributed by atoms with Crippen molar-refractivity contribution in [2.45, 2.75) is 0 Å². The Bertz CT molecular complexity index is 892. The largest absolute Gasteiger partial charge is 0.358 e. The first-order valence-corrected chi connectivity index (χ1v) is 7.63. The third-order valence-corrected chi connectivity index (χ3v) is 3.72. The third-order valence-electron chi connectivity index (χ3n) is 3.72. The summed E-state index contributed by atoms with van der Waals surface area (Å²) in [6.07, 6.45) is 0. The van der Waals surface area contributed by atoms with E-state index in [0.29, 0.717) is 5.56 Å². The molecule has 3 rings (SSSR count). The molecule has 2 amide bonds. The second kappa shape index (κ2) is 6.91. The summed E-state index contributed by atoms with van der Waals surface area (Å²) in [5, 5.41) is 5.88. The molecule has 0 fully saturated rings. The summed E-state index contributed by atoms with van der Waals surface area (Å²) in [4.78, 5) is 28.5. The summed E-state index contributed by atoms with van der Waals surface area (Å²) in [6.45, 7) is -0.0628. The minimum atomic E-state index is -0.297. The van der Waals surface area contributed by atoms with Crippen LogP contribution >= 0.6 is 0 Å². The van der Waals surface area contributed by atoms with E-state index in [2.05, 4.69) is 15.6 Å². The summed E-state index contributed by atoms with van der Waals surface area (Å²) >= 11 is 0. The Morgan fingerprint density at radius 3 is 2.46 bits per heavy atom. The van der Waals surface area contributed by atoms with Crippen molar-refractivity contribution >= 4 is 22.7 Å². The zero-order chi connectivity index (χ0) is 16.9. The smallest absolute Gasteiger partial charge is 0.252 e. The highest BCUT2D eigenvalue weighted by molar-refractivity contribution is 6.08. The summed E-state index contributed by atoms with van der Waals surface area (Å²) < 4.78 is 0. The van der Waals surface area contributed by atoms with Gasteiger partial charge in [-0.25, -0.2) is 4.98 Å². The number of rotatable bonds is 4. The number of para-hydroxylation sites is 1. The fraction of sp³-hybridized carbons (Fsp3) is 0.105. The van der Waals surface area contributed by atoms with Crippen LogP contribution in [0.1, 0.15) is 10.4 Å². The van der Waals surface area contributed by atoms with Crippen molar-refractivity contribution < 1.29 is 9.59 Å². The maximum Gasteiger partial charge on any atom is 0.252 e. The number of amides is 2. The fourth-order valence-electron chi connectivity index (χ4n) is 2.46. The van der Waals surface area contributed by atoms with Crippen molar-refractivity contribution in [2.24, 2.45) is 0 Å². The highest BCUT2D eigenvalue weighted by Crippen LogP contribution is 2.24.